The highest BCUT2D eigenvalue weighted by molar-refractivity contribution is 5.88. The molecule has 3 aromatic rings. The Kier molecular flexibility index (Phi) is 4.11. The quantitative estimate of drug-likeness (QED) is 0.757. The molecule has 122 valence electrons. The lowest BCUT2D eigenvalue weighted by Gasteiger charge is -2.05. The number of ether oxygens (including phenoxy) is 1. The number of hydrogen-bond acceptors (Lipinski definition) is 7. The number of carbonyl (C=O) groups is 1. The molecule has 2 N–H and O–H groups in total. The minimum atomic E-state index is -0.182. The fraction of sp³-hybridized carbons (Fsp3) is 0.125. The molecule has 0 atom stereocenters. The van der Waals surface area contributed by atoms with Crippen LogP contribution in [0, 0.1) is 0 Å². The molecule has 2 aromatic heterocycles. The number of hydrogen-bond donors (Lipinski definition) is 2. The predicted molar refractivity (Wildman–Crippen MR) is 85.5 cm³/mol. The Hall–Kier alpha value is -3.42. The van der Waals surface area contributed by atoms with Crippen LogP contribution < -0.4 is 10.1 Å². The Morgan fingerprint density at radius 2 is 2.12 bits per heavy atom. The van der Waals surface area contributed by atoms with E-state index in [0.717, 1.165) is 0 Å². The minimum Gasteiger partial charge on any atom is -0.504 e. The maximum atomic E-state index is 11.0. The van der Waals surface area contributed by atoms with Crippen molar-refractivity contribution in [3.05, 3.63) is 36.5 Å². The summed E-state index contributed by atoms with van der Waals surface area (Å²) >= 11 is 0. The average Bonchev–Trinajstić information content (AvgIpc) is 3.05. The zero-order valence-corrected chi connectivity index (χ0v) is 13.0. The first-order chi connectivity index (χ1) is 11.6. The fourth-order valence-corrected chi connectivity index (χ4v) is 2.10. The highest BCUT2D eigenvalue weighted by Crippen LogP contribution is 2.35. The standard InChI is InChI=1S/C16H14N4O4/c1-9(21)18-10-6-7-12(17-8-10)16-19-15(20-24-16)11-4-3-5-13(23-2)14(11)22/h3-8,22H,1-2H3,(H,18,21). The van der Waals surface area contributed by atoms with Crippen molar-refractivity contribution in [2.24, 2.45) is 0 Å². The molecule has 0 spiro atoms. The lowest BCUT2D eigenvalue weighted by Crippen LogP contribution is -2.05. The van der Waals surface area contributed by atoms with E-state index in [4.69, 9.17) is 9.26 Å². The maximum Gasteiger partial charge on any atom is 0.276 e. The summed E-state index contributed by atoms with van der Waals surface area (Å²) in [5.74, 6) is 0.479. The average molecular weight is 326 g/mol. The number of carbonyl (C=O) groups excluding carboxylic acids is 1. The first-order valence-electron chi connectivity index (χ1n) is 7.02. The van der Waals surface area contributed by atoms with Gasteiger partial charge in [-0.05, 0) is 24.3 Å². The molecule has 8 nitrogen and oxygen atoms in total. The first kappa shape index (κ1) is 15.5. The molecule has 0 fully saturated rings. The first-order valence-corrected chi connectivity index (χ1v) is 7.02. The topological polar surface area (TPSA) is 110 Å². The van der Waals surface area contributed by atoms with Gasteiger partial charge in [-0.15, -0.1) is 0 Å². The van der Waals surface area contributed by atoms with Gasteiger partial charge in [0.2, 0.25) is 11.7 Å². The molecule has 0 bridgehead atoms. The second kappa shape index (κ2) is 6.37. The van der Waals surface area contributed by atoms with Crippen LogP contribution >= 0.6 is 0 Å². The van der Waals surface area contributed by atoms with E-state index in [-0.39, 0.29) is 23.4 Å². The van der Waals surface area contributed by atoms with E-state index in [1.807, 2.05) is 0 Å². The largest absolute Gasteiger partial charge is 0.504 e. The Labute approximate surface area is 137 Å². The van der Waals surface area contributed by atoms with Crippen LogP contribution in [0.3, 0.4) is 0 Å². The van der Waals surface area contributed by atoms with Crippen LogP contribution in [-0.2, 0) is 4.79 Å². The maximum absolute atomic E-state index is 11.0. The van der Waals surface area contributed by atoms with Crippen LogP contribution in [-0.4, -0.2) is 33.2 Å². The summed E-state index contributed by atoms with van der Waals surface area (Å²) in [6.07, 6.45) is 1.49. The third-order valence-corrected chi connectivity index (χ3v) is 3.19. The van der Waals surface area contributed by atoms with Crippen LogP contribution in [0.4, 0.5) is 5.69 Å². The molecule has 24 heavy (non-hydrogen) atoms. The molecule has 0 unspecified atom stereocenters. The molecule has 2 heterocycles. The SMILES string of the molecule is COc1cccc(-c2noc(-c3ccc(NC(C)=O)cn3)n2)c1O. The van der Waals surface area contributed by atoms with Gasteiger partial charge in [0.1, 0.15) is 5.69 Å². The number of rotatable bonds is 4. The number of phenols is 1. The van der Waals surface area contributed by atoms with Crippen molar-refractivity contribution in [1.82, 2.24) is 15.1 Å². The van der Waals surface area contributed by atoms with E-state index in [9.17, 15) is 9.90 Å². The van der Waals surface area contributed by atoms with Crippen LogP contribution in [0.5, 0.6) is 11.5 Å². The van der Waals surface area contributed by atoms with E-state index in [1.165, 1.54) is 20.2 Å². The van der Waals surface area contributed by atoms with E-state index in [0.29, 0.717) is 22.7 Å². The summed E-state index contributed by atoms with van der Waals surface area (Å²) in [5, 5.41) is 16.6. The van der Waals surface area contributed by atoms with E-state index in [2.05, 4.69) is 20.4 Å². The number of phenolic OH excluding ortho intramolecular Hbond substituents is 1. The molecule has 0 saturated heterocycles. The van der Waals surface area contributed by atoms with Gasteiger partial charge in [0, 0.05) is 6.92 Å². The lowest BCUT2D eigenvalue weighted by atomic mass is 10.2. The van der Waals surface area contributed by atoms with Gasteiger partial charge in [0.15, 0.2) is 11.5 Å². The molecule has 8 heteroatoms. The number of aromatic hydroxyl groups is 1. The molecule has 3 rings (SSSR count). The molecular formula is C16H14N4O4. The number of para-hydroxylation sites is 1. The highest BCUT2D eigenvalue weighted by atomic mass is 16.5. The fourth-order valence-electron chi connectivity index (χ4n) is 2.10. The Bertz CT molecular complexity index is 874. The number of amides is 1. The molecule has 0 aliphatic heterocycles. The summed E-state index contributed by atoms with van der Waals surface area (Å²) in [4.78, 5) is 19.4. The van der Waals surface area contributed by atoms with Crippen molar-refractivity contribution < 1.29 is 19.2 Å². The summed E-state index contributed by atoms with van der Waals surface area (Å²) < 4.78 is 10.3. The van der Waals surface area contributed by atoms with Gasteiger partial charge < -0.3 is 19.7 Å². The Balaban J connectivity index is 1.89. The van der Waals surface area contributed by atoms with Crippen molar-refractivity contribution in [2.75, 3.05) is 12.4 Å². The molecule has 0 aliphatic carbocycles. The second-order valence-electron chi connectivity index (χ2n) is 4.89. The third kappa shape index (κ3) is 3.02. The van der Waals surface area contributed by atoms with Gasteiger partial charge in [-0.25, -0.2) is 4.98 Å². The normalized spacial score (nSPS) is 10.4. The monoisotopic (exact) mass is 326 g/mol. The number of benzene rings is 1. The van der Waals surface area contributed by atoms with Gasteiger partial charge in [-0.2, -0.15) is 4.98 Å². The van der Waals surface area contributed by atoms with Crippen LogP contribution in [0.1, 0.15) is 6.92 Å². The van der Waals surface area contributed by atoms with Crippen molar-refractivity contribution in [1.29, 1.82) is 0 Å². The molecular weight excluding hydrogens is 312 g/mol. The summed E-state index contributed by atoms with van der Waals surface area (Å²) in [6, 6.07) is 8.32. The second-order valence-corrected chi connectivity index (χ2v) is 4.89. The Morgan fingerprint density at radius 3 is 2.79 bits per heavy atom. The van der Waals surface area contributed by atoms with Crippen molar-refractivity contribution in [3.63, 3.8) is 0 Å². The zero-order chi connectivity index (χ0) is 17.1. The van der Waals surface area contributed by atoms with Crippen molar-refractivity contribution >= 4 is 11.6 Å². The molecule has 0 radical (unpaired) electrons. The molecule has 1 amide bonds. The number of anilines is 1. The van der Waals surface area contributed by atoms with Gasteiger partial charge >= 0.3 is 0 Å². The van der Waals surface area contributed by atoms with Crippen LogP contribution in [0.15, 0.2) is 41.1 Å². The Morgan fingerprint density at radius 1 is 1.29 bits per heavy atom. The summed E-state index contributed by atoms with van der Waals surface area (Å²) in [5.41, 5.74) is 1.40. The lowest BCUT2D eigenvalue weighted by molar-refractivity contribution is -0.114. The van der Waals surface area contributed by atoms with E-state index >= 15 is 0 Å². The van der Waals surface area contributed by atoms with E-state index in [1.54, 1.807) is 30.3 Å². The third-order valence-electron chi connectivity index (χ3n) is 3.19. The minimum absolute atomic E-state index is 0.0682. The number of nitrogens with zero attached hydrogens (tertiary/aromatic N) is 3. The predicted octanol–water partition coefficient (Wildman–Crippen LogP) is 2.47. The van der Waals surface area contributed by atoms with Crippen LogP contribution in [0.2, 0.25) is 0 Å². The van der Waals surface area contributed by atoms with Crippen molar-refractivity contribution in [2.45, 2.75) is 6.92 Å². The number of methoxy groups -OCH3 is 1. The summed E-state index contributed by atoms with van der Waals surface area (Å²) in [6.45, 7) is 1.42. The number of aromatic nitrogens is 3. The van der Waals surface area contributed by atoms with Crippen molar-refractivity contribution in [3.8, 4) is 34.5 Å². The molecule has 1 aromatic carbocycles. The van der Waals surface area contributed by atoms with E-state index < -0.39 is 0 Å². The zero-order valence-electron chi connectivity index (χ0n) is 13.0. The van der Waals surface area contributed by atoms with Gasteiger partial charge in [-0.3, -0.25) is 4.79 Å². The highest BCUT2D eigenvalue weighted by Gasteiger charge is 2.16. The smallest absolute Gasteiger partial charge is 0.276 e. The van der Waals surface area contributed by atoms with Gasteiger partial charge in [0.05, 0.1) is 24.6 Å². The summed E-state index contributed by atoms with van der Waals surface area (Å²) in [7, 11) is 1.46. The molecule has 0 aliphatic rings. The molecule has 0 saturated carbocycles. The number of nitrogens with one attached hydrogen (secondary N) is 1. The van der Waals surface area contributed by atoms with Gasteiger partial charge in [0.25, 0.3) is 5.89 Å². The van der Waals surface area contributed by atoms with Crippen LogP contribution in [0.25, 0.3) is 23.0 Å². The van der Waals surface area contributed by atoms with Gasteiger partial charge in [-0.1, -0.05) is 11.2 Å². The number of pyridine rings is 1.